The third kappa shape index (κ3) is 26.2. The number of nitrogens with one attached hydrogen (secondary N) is 1. The van der Waals surface area contributed by atoms with Crippen LogP contribution in [-0.2, 0) is 25.7 Å². The molecule has 248 valence electrons. The predicted octanol–water partition coefficient (Wildman–Crippen LogP) is 9.01. The van der Waals surface area contributed by atoms with E-state index >= 15 is 0 Å². The first kappa shape index (κ1) is 39.1. The molecule has 0 saturated carbocycles. The smallest absolute Gasteiger partial charge is 0.305 e. The van der Waals surface area contributed by atoms with Gasteiger partial charge in [0.2, 0.25) is 5.91 Å². The van der Waals surface area contributed by atoms with Gasteiger partial charge in [0, 0.05) is 13.0 Å². The van der Waals surface area contributed by atoms with Crippen molar-refractivity contribution in [3.05, 3.63) is 35.9 Å². The van der Waals surface area contributed by atoms with Crippen LogP contribution in [0.1, 0.15) is 148 Å². The monoisotopic (exact) mass is 603 g/mol. The molecule has 6 heteroatoms. The summed E-state index contributed by atoms with van der Waals surface area (Å²) < 4.78 is 11.0. The van der Waals surface area contributed by atoms with E-state index < -0.39 is 0 Å². The molecule has 1 aromatic carbocycles. The summed E-state index contributed by atoms with van der Waals surface area (Å²) in [5, 5.41) is 3.01. The van der Waals surface area contributed by atoms with Crippen LogP contribution in [0, 0.1) is 0 Å². The number of carbonyl (C=O) groups excluding carboxylic acids is 2. The number of rotatable bonds is 31. The number of ether oxygens (including phenoxy) is 2. The number of hydrogen-bond acceptors (Lipinski definition) is 5. The Kier molecular flexibility index (Phi) is 27.4. The van der Waals surface area contributed by atoms with Crippen molar-refractivity contribution in [3.63, 3.8) is 0 Å². The van der Waals surface area contributed by atoms with Gasteiger partial charge in [0.15, 0.2) is 0 Å². The van der Waals surface area contributed by atoms with E-state index in [-0.39, 0.29) is 18.5 Å². The van der Waals surface area contributed by atoms with Crippen molar-refractivity contribution < 1.29 is 19.1 Å². The Labute approximate surface area is 265 Å². The largest absolute Gasteiger partial charge is 0.466 e. The highest BCUT2D eigenvalue weighted by molar-refractivity contribution is 5.77. The Morgan fingerprint density at radius 2 is 1.19 bits per heavy atom. The molecule has 0 saturated heterocycles. The lowest BCUT2D eigenvalue weighted by Crippen LogP contribution is -2.32. The van der Waals surface area contributed by atoms with Gasteiger partial charge in [0.25, 0.3) is 0 Å². The molecule has 0 aliphatic rings. The molecule has 0 unspecified atom stereocenters. The fraction of sp³-hybridized carbons (Fsp3) is 0.784. The lowest BCUT2D eigenvalue weighted by Gasteiger charge is -2.22. The van der Waals surface area contributed by atoms with E-state index in [1.54, 1.807) is 0 Å². The van der Waals surface area contributed by atoms with Crippen LogP contribution >= 0.6 is 0 Å². The van der Waals surface area contributed by atoms with Gasteiger partial charge in [-0.2, -0.15) is 0 Å². The Balaban J connectivity index is 2.12. The quantitative estimate of drug-likeness (QED) is 0.0678. The highest BCUT2D eigenvalue weighted by atomic mass is 16.5. The molecular weight excluding hydrogens is 536 g/mol. The fourth-order valence-electron chi connectivity index (χ4n) is 5.32. The number of amides is 1. The molecule has 0 atom stereocenters. The van der Waals surface area contributed by atoms with E-state index in [0.29, 0.717) is 26.2 Å². The molecule has 0 heterocycles. The zero-order chi connectivity index (χ0) is 31.1. The molecule has 1 N–H and O–H groups in total. The molecule has 0 radical (unpaired) electrons. The van der Waals surface area contributed by atoms with Crippen molar-refractivity contribution in [1.82, 2.24) is 10.2 Å². The average Bonchev–Trinajstić information content (AvgIpc) is 3.01. The Hall–Kier alpha value is -1.92. The summed E-state index contributed by atoms with van der Waals surface area (Å²) in [6.07, 6.45) is 23.7. The van der Waals surface area contributed by atoms with E-state index in [1.165, 1.54) is 96.3 Å². The van der Waals surface area contributed by atoms with E-state index in [1.807, 2.05) is 30.3 Å². The summed E-state index contributed by atoms with van der Waals surface area (Å²) in [6, 6.07) is 9.95. The molecule has 0 aliphatic heterocycles. The minimum atomic E-state index is -0.0416. The molecule has 1 rings (SSSR count). The average molecular weight is 603 g/mol. The summed E-state index contributed by atoms with van der Waals surface area (Å²) in [5.74, 6) is -0.0639. The van der Waals surface area contributed by atoms with Crippen molar-refractivity contribution in [2.45, 2.75) is 149 Å². The highest BCUT2D eigenvalue weighted by Crippen LogP contribution is 2.11. The summed E-state index contributed by atoms with van der Waals surface area (Å²) in [4.78, 5) is 26.7. The van der Waals surface area contributed by atoms with Gasteiger partial charge >= 0.3 is 5.97 Å². The molecule has 0 aliphatic carbocycles. The zero-order valence-corrected chi connectivity index (χ0v) is 28.1. The van der Waals surface area contributed by atoms with Crippen LogP contribution in [0.15, 0.2) is 30.3 Å². The van der Waals surface area contributed by atoms with Crippen LogP contribution < -0.4 is 5.32 Å². The molecule has 1 aromatic rings. The van der Waals surface area contributed by atoms with Gasteiger partial charge in [0.05, 0.1) is 13.2 Å². The van der Waals surface area contributed by atoms with Crippen LogP contribution in [0.4, 0.5) is 0 Å². The van der Waals surface area contributed by atoms with E-state index in [2.05, 4.69) is 24.1 Å². The highest BCUT2D eigenvalue weighted by Gasteiger charge is 2.07. The molecule has 6 nitrogen and oxygen atoms in total. The predicted molar refractivity (Wildman–Crippen MR) is 180 cm³/mol. The number of carbonyl (C=O) groups is 2. The fourth-order valence-corrected chi connectivity index (χ4v) is 5.32. The third-order valence-corrected chi connectivity index (χ3v) is 8.01. The molecule has 0 fully saturated rings. The molecule has 0 spiro atoms. The number of nitrogens with zero attached hydrogens (tertiary/aromatic N) is 1. The van der Waals surface area contributed by atoms with Crippen LogP contribution in [0.3, 0.4) is 0 Å². The SMILES string of the molecule is CCCCCCCCCOC(=O)CCCCCCCN(CCCCCCCC)CCCNC(=O)COCc1ccccc1. The number of unbranched alkanes of at least 4 members (excludes halogenated alkanes) is 15. The van der Waals surface area contributed by atoms with Gasteiger partial charge < -0.3 is 19.7 Å². The maximum atomic E-state index is 12.2. The van der Waals surface area contributed by atoms with Gasteiger partial charge in [-0.3, -0.25) is 9.59 Å². The summed E-state index contributed by atoms with van der Waals surface area (Å²) >= 11 is 0. The molecule has 43 heavy (non-hydrogen) atoms. The molecule has 0 aromatic heterocycles. The second kappa shape index (κ2) is 30.1. The number of esters is 1. The van der Waals surface area contributed by atoms with Crippen LogP contribution in [0.2, 0.25) is 0 Å². The van der Waals surface area contributed by atoms with E-state index in [9.17, 15) is 9.59 Å². The van der Waals surface area contributed by atoms with Crippen molar-refractivity contribution in [2.24, 2.45) is 0 Å². The second-order valence-corrected chi connectivity index (χ2v) is 12.2. The van der Waals surface area contributed by atoms with Gasteiger partial charge in [-0.25, -0.2) is 0 Å². The normalized spacial score (nSPS) is 11.2. The summed E-state index contributed by atoms with van der Waals surface area (Å²) in [6.45, 7) is 9.63. The first-order valence-corrected chi connectivity index (χ1v) is 17.9. The topological polar surface area (TPSA) is 67.9 Å². The van der Waals surface area contributed by atoms with Gasteiger partial charge in [-0.05, 0) is 57.3 Å². The zero-order valence-electron chi connectivity index (χ0n) is 28.1. The standard InChI is InChI=1S/C37H66N2O4/c1-3-5-7-9-11-16-23-32-43-37(41)27-20-13-12-15-22-30-39(29-21-14-10-8-6-4-2)31-24-28-38-36(40)34-42-33-35-25-18-17-19-26-35/h17-19,25-26H,3-16,20-24,27-34H2,1-2H3,(H,38,40). The molecule has 0 bridgehead atoms. The van der Waals surface area contributed by atoms with Gasteiger partial charge in [0.1, 0.15) is 6.61 Å². The lowest BCUT2D eigenvalue weighted by atomic mass is 10.1. The second-order valence-electron chi connectivity index (χ2n) is 12.2. The first-order valence-electron chi connectivity index (χ1n) is 17.9. The van der Waals surface area contributed by atoms with Crippen molar-refractivity contribution in [2.75, 3.05) is 39.4 Å². The number of hydrogen-bond donors (Lipinski definition) is 1. The first-order chi connectivity index (χ1) is 21.2. The Morgan fingerprint density at radius 3 is 1.81 bits per heavy atom. The van der Waals surface area contributed by atoms with E-state index in [4.69, 9.17) is 9.47 Å². The van der Waals surface area contributed by atoms with Gasteiger partial charge in [-0.15, -0.1) is 0 Å². The summed E-state index contributed by atoms with van der Waals surface area (Å²) in [5.41, 5.74) is 1.08. The summed E-state index contributed by atoms with van der Waals surface area (Å²) in [7, 11) is 0. The van der Waals surface area contributed by atoms with Crippen LogP contribution in [0.25, 0.3) is 0 Å². The van der Waals surface area contributed by atoms with Crippen LogP contribution in [-0.4, -0.2) is 56.2 Å². The van der Waals surface area contributed by atoms with Crippen molar-refractivity contribution in [1.29, 1.82) is 0 Å². The van der Waals surface area contributed by atoms with Crippen molar-refractivity contribution in [3.8, 4) is 0 Å². The Morgan fingerprint density at radius 1 is 0.651 bits per heavy atom. The third-order valence-electron chi connectivity index (χ3n) is 8.01. The Bertz CT molecular complexity index is 758. The van der Waals surface area contributed by atoms with Gasteiger partial charge in [-0.1, -0.05) is 134 Å². The number of benzene rings is 1. The lowest BCUT2D eigenvalue weighted by molar-refractivity contribution is -0.143. The maximum absolute atomic E-state index is 12.2. The minimum absolute atomic E-state index is 0.0223. The van der Waals surface area contributed by atoms with Crippen molar-refractivity contribution >= 4 is 11.9 Å². The minimum Gasteiger partial charge on any atom is -0.466 e. The van der Waals surface area contributed by atoms with Crippen LogP contribution in [0.5, 0.6) is 0 Å². The van der Waals surface area contributed by atoms with E-state index in [0.717, 1.165) is 50.9 Å². The molecular formula is C37H66N2O4. The maximum Gasteiger partial charge on any atom is 0.305 e. The molecule has 1 amide bonds.